The third kappa shape index (κ3) is 5.18. The van der Waals surface area contributed by atoms with E-state index in [1.807, 2.05) is 6.92 Å². The number of unbranched alkanes of at least 4 members (excludes halogenated alkanes) is 1. The van der Waals surface area contributed by atoms with Crippen molar-refractivity contribution in [2.24, 2.45) is 0 Å². The molecule has 0 saturated carbocycles. The number of halogens is 1. The summed E-state index contributed by atoms with van der Waals surface area (Å²) >= 11 is 5.73. The molecule has 0 aliphatic rings. The van der Waals surface area contributed by atoms with Crippen LogP contribution >= 0.6 is 11.6 Å². The van der Waals surface area contributed by atoms with E-state index in [2.05, 4.69) is 0 Å². The van der Waals surface area contributed by atoms with Gasteiger partial charge < -0.3 is 15.2 Å². The van der Waals surface area contributed by atoms with E-state index < -0.39 is 18.5 Å². The van der Waals surface area contributed by atoms with Gasteiger partial charge in [0.15, 0.2) is 6.61 Å². The van der Waals surface area contributed by atoms with Crippen molar-refractivity contribution in [2.75, 3.05) is 18.9 Å². The molecule has 0 aromatic heterocycles. The van der Waals surface area contributed by atoms with E-state index in [-0.39, 0.29) is 11.3 Å². The summed E-state index contributed by atoms with van der Waals surface area (Å²) in [5, 5.41) is 0.357. The van der Waals surface area contributed by atoms with Gasteiger partial charge in [-0.1, -0.05) is 24.9 Å². The Kier molecular flexibility index (Phi) is 6.15. The number of ether oxygens (including phenoxy) is 2. The molecule has 0 aliphatic carbocycles. The molecule has 0 aliphatic heterocycles. The topological polar surface area (TPSA) is 78.6 Å². The average Bonchev–Trinajstić information content (AvgIpc) is 2.39. The molecule has 19 heavy (non-hydrogen) atoms. The van der Waals surface area contributed by atoms with E-state index in [9.17, 15) is 9.59 Å². The lowest BCUT2D eigenvalue weighted by Gasteiger charge is -2.06. The Labute approximate surface area is 116 Å². The molecule has 0 saturated heterocycles. The lowest BCUT2D eigenvalue weighted by Crippen LogP contribution is -2.17. The van der Waals surface area contributed by atoms with Crippen molar-refractivity contribution in [2.45, 2.75) is 19.8 Å². The Hall–Kier alpha value is -1.75. The summed E-state index contributed by atoms with van der Waals surface area (Å²) in [7, 11) is 0. The number of hydrogen-bond donors (Lipinski definition) is 1. The first-order chi connectivity index (χ1) is 9.04. The van der Waals surface area contributed by atoms with E-state index in [0.717, 1.165) is 12.8 Å². The van der Waals surface area contributed by atoms with Crippen molar-refractivity contribution in [1.82, 2.24) is 0 Å². The number of rotatable bonds is 6. The number of nitrogens with two attached hydrogens (primary N) is 1. The first kappa shape index (κ1) is 15.3. The highest BCUT2D eigenvalue weighted by Crippen LogP contribution is 2.19. The zero-order valence-corrected chi connectivity index (χ0v) is 11.4. The molecule has 2 N–H and O–H groups in total. The molecule has 1 aromatic rings. The number of anilines is 1. The summed E-state index contributed by atoms with van der Waals surface area (Å²) in [6.45, 7) is 1.91. The van der Waals surface area contributed by atoms with Crippen molar-refractivity contribution in [3.8, 4) is 0 Å². The summed E-state index contributed by atoms with van der Waals surface area (Å²) in [4.78, 5) is 22.8. The summed E-state index contributed by atoms with van der Waals surface area (Å²) in [5.41, 5.74) is 6.08. The number of nitrogen functional groups attached to an aromatic ring is 1. The monoisotopic (exact) mass is 285 g/mol. The molecule has 1 rings (SSSR count). The molecular weight excluding hydrogens is 270 g/mol. The normalized spacial score (nSPS) is 10.0. The van der Waals surface area contributed by atoms with Crippen molar-refractivity contribution in [3.05, 3.63) is 28.8 Å². The minimum atomic E-state index is -0.643. The maximum absolute atomic E-state index is 11.6. The second-order valence-electron chi connectivity index (χ2n) is 3.89. The second kappa shape index (κ2) is 7.63. The second-order valence-corrected chi connectivity index (χ2v) is 4.29. The highest BCUT2D eigenvalue weighted by atomic mass is 35.5. The van der Waals surface area contributed by atoms with Gasteiger partial charge in [0.05, 0.1) is 22.9 Å². The van der Waals surface area contributed by atoms with Gasteiger partial charge in [-0.2, -0.15) is 0 Å². The van der Waals surface area contributed by atoms with Crippen LogP contribution < -0.4 is 5.73 Å². The molecule has 104 valence electrons. The van der Waals surface area contributed by atoms with Crippen LogP contribution in [0.5, 0.6) is 0 Å². The van der Waals surface area contributed by atoms with Gasteiger partial charge in [-0.05, 0) is 24.6 Å². The van der Waals surface area contributed by atoms with E-state index in [1.165, 1.54) is 18.2 Å². The van der Waals surface area contributed by atoms with Crippen LogP contribution in [-0.2, 0) is 14.3 Å². The fraction of sp³-hybridized carbons (Fsp3) is 0.385. The lowest BCUT2D eigenvalue weighted by molar-refractivity contribution is -0.147. The number of carbonyl (C=O) groups is 2. The van der Waals surface area contributed by atoms with Gasteiger partial charge >= 0.3 is 11.9 Å². The Morgan fingerprint density at radius 1 is 1.32 bits per heavy atom. The van der Waals surface area contributed by atoms with Crippen LogP contribution in [-0.4, -0.2) is 25.2 Å². The van der Waals surface area contributed by atoms with E-state index >= 15 is 0 Å². The van der Waals surface area contributed by atoms with Gasteiger partial charge in [0.2, 0.25) is 0 Å². The SMILES string of the molecule is CCCCOC(=O)COC(=O)c1ccc(Cl)c(N)c1. The molecule has 6 heteroatoms. The first-order valence-corrected chi connectivity index (χ1v) is 6.30. The van der Waals surface area contributed by atoms with Gasteiger partial charge in [0.25, 0.3) is 0 Å². The predicted molar refractivity (Wildman–Crippen MR) is 72.0 cm³/mol. The van der Waals surface area contributed by atoms with Crippen LogP contribution in [0.3, 0.4) is 0 Å². The smallest absolute Gasteiger partial charge is 0.344 e. The number of carbonyl (C=O) groups excluding carboxylic acids is 2. The zero-order chi connectivity index (χ0) is 14.3. The maximum Gasteiger partial charge on any atom is 0.344 e. The summed E-state index contributed by atoms with van der Waals surface area (Å²) in [6, 6.07) is 4.36. The number of hydrogen-bond acceptors (Lipinski definition) is 5. The molecule has 5 nitrogen and oxygen atoms in total. The third-order valence-electron chi connectivity index (χ3n) is 2.31. The van der Waals surface area contributed by atoms with Crippen molar-refractivity contribution >= 4 is 29.2 Å². The van der Waals surface area contributed by atoms with Crippen molar-refractivity contribution in [3.63, 3.8) is 0 Å². The largest absolute Gasteiger partial charge is 0.463 e. The third-order valence-corrected chi connectivity index (χ3v) is 2.66. The molecule has 0 unspecified atom stereocenters. The fourth-order valence-electron chi connectivity index (χ4n) is 1.25. The number of benzene rings is 1. The maximum atomic E-state index is 11.6. The molecule has 0 amide bonds. The van der Waals surface area contributed by atoms with Crippen molar-refractivity contribution < 1.29 is 19.1 Å². The summed E-state index contributed by atoms with van der Waals surface area (Å²) in [6.07, 6.45) is 1.71. The van der Waals surface area contributed by atoms with E-state index in [0.29, 0.717) is 11.6 Å². The van der Waals surface area contributed by atoms with Crippen LogP contribution in [0.25, 0.3) is 0 Å². The zero-order valence-electron chi connectivity index (χ0n) is 10.6. The minimum Gasteiger partial charge on any atom is -0.463 e. The van der Waals surface area contributed by atoms with Gasteiger partial charge in [-0.3, -0.25) is 0 Å². The Morgan fingerprint density at radius 2 is 2.05 bits per heavy atom. The lowest BCUT2D eigenvalue weighted by atomic mass is 10.2. The summed E-state index contributed by atoms with van der Waals surface area (Å²) < 4.78 is 9.65. The molecule has 0 radical (unpaired) electrons. The molecule has 0 spiro atoms. The molecule has 1 aromatic carbocycles. The molecule has 0 bridgehead atoms. The minimum absolute atomic E-state index is 0.239. The molecule has 0 atom stereocenters. The highest BCUT2D eigenvalue weighted by molar-refractivity contribution is 6.33. The molecular formula is C13H16ClNO4. The number of esters is 2. The quantitative estimate of drug-likeness (QED) is 0.493. The van der Waals surface area contributed by atoms with Gasteiger partial charge in [0.1, 0.15) is 0 Å². The fourth-order valence-corrected chi connectivity index (χ4v) is 1.37. The van der Waals surface area contributed by atoms with Gasteiger partial charge in [-0.15, -0.1) is 0 Å². The van der Waals surface area contributed by atoms with Crippen LogP contribution in [0, 0.1) is 0 Å². The predicted octanol–water partition coefficient (Wildman–Crippen LogP) is 2.42. The molecule has 0 heterocycles. The van der Waals surface area contributed by atoms with Crippen LogP contribution in [0.4, 0.5) is 5.69 Å². The first-order valence-electron chi connectivity index (χ1n) is 5.92. The van der Waals surface area contributed by atoms with Crippen molar-refractivity contribution in [1.29, 1.82) is 0 Å². The van der Waals surface area contributed by atoms with E-state index in [1.54, 1.807) is 0 Å². The standard InChI is InChI=1S/C13H16ClNO4/c1-2-3-6-18-12(16)8-19-13(17)9-4-5-10(14)11(15)7-9/h4-5,7H,2-3,6,8,15H2,1H3. The van der Waals surface area contributed by atoms with E-state index in [4.69, 9.17) is 26.8 Å². The Bertz CT molecular complexity index is 462. The van der Waals surface area contributed by atoms with Crippen LogP contribution in [0.1, 0.15) is 30.1 Å². The van der Waals surface area contributed by atoms with Gasteiger partial charge in [0, 0.05) is 0 Å². The summed E-state index contributed by atoms with van der Waals surface area (Å²) in [5.74, 6) is -1.21. The molecule has 0 fully saturated rings. The Morgan fingerprint density at radius 3 is 2.68 bits per heavy atom. The van der Waals surface area contributed by atoms with Crippen LogP contribution in [0.2, 0.25) is 5.02 Å². The highest BCUT2D eigenvalue weighted by Gasteiger charge is 2.12. The average molecular weight is 286 g/mol. The van der Waals surface area contributed by atoms with Crippen LogP contribution in [0.15, 0.2) is 18.2 Å². The Balaban J connectivity index is 2.42. The van der Waals surface area contributed by atoms with Gasteiger partial charge in [-0.25, -0.2) is 9.59 Å².